The van der Waals surface area contributed by atoms with Gasteiger partial charge in [0.05, 0.1) is 0 Å². The summed E-state index contributed by atoms with van der Waals surface area (Å²) in [7, 11) is 0. The standard InChI is InChI=1S/C23H24N4O/c1-17-7-9-18(10-8-17)14-24-22(28)20-6-4-5-19(13-20)21-15-25-23(26-16-21)27-11-2-3-12-27/h4-10,13,15-16H,2-3,11-12,14H2,1H3,(H,24,28). The Labute approximate surface area is 165 Å². The molecule has 1 saturated heterocycles. The van der Waals surface area contributed by atoms with Crippen LogP contribution < -0.4 is 10.2 Å². The van der Waals surface area contributed by atoms with Crippen molar-refractivity contribution in [1.82, 2.24) is 15.3 Å². The zero-order chi connectivity index (χ0) is 19.3. The predicted molar refractivity (Wildman–Crippen MR) is 111 cm³/mol. The second-order valence-corrected chi connectivity index (χ2v) is 7.21. The molecule has 0 spiro atoms. The van der Waals surface area contributed by atoms with Crippen LogP contribution in [0.4, 0.5) is 5.95 Å². The summed E-state index contributed by atoms with van der Waals surface area (Å²) in [4.78, 5) is 23.8. The first-order valence-electron chi connectivity index (χ1n) is 9.70. The highest BCUT2D eigenvalue weighted by molar-refractivity contribution is 5.95. The van der Waals surface area contributed by atoms with E-state index in [4.69, 9.17) is 0 Å². The molecule has 2 heterocycles. The van der Waals surface area contributed by atoms with Gasteiger partial charge in [0.2, 0.25) is 5.95 Å². The molecule has 0 radical (unpaired) electrons. The Bertz CT molecular complexity index is 945. The molecule has 0 unspecified atom stereocenters. The lowest BCUT2D eigenvalue weighted by molar-refractivity contribution is 0.0951. The fourth-order valence-electron chi connectivity index (χ4n) is 3.38. The molecule has 28 heavy (non-hydrogen) atoms. The Hall–Kier alpha value is -3.21. The Balaban J connectivity index is 1.44. The Morgan fingerprint density at radius 2 is 1.71 bits per heavy atom. The van der Waals surface area contributed by atoms with Crippen molar-refractivity contribution in [1.29, 1.82) is 0 Å². The van der Waals surface area contributed by atoms with Crippen LogP contribution in [0.2, 0.25) is 0 Å². The maximum absolute atomic E-state index is 12.5. The second kappa shape index (κ2) is 8.21. The number of aryl methyl sites for hydroxylation is 1. The molecule has 5 nitrogen and oxygen atoms in total. The lowest BCUT2D eigenvalue weighted by atomic mass is 10.1. The number of carbonyl (C=O) groups is 1. The van der Waals surface area contributed by atoms with E-state index in [2.05, 4.69) is 27.1 Å². The van der Waals surface area contributed by atoms with E-state index in [1.165, 1.54) is 18.4 Å². The monoisotopic (exact) mass is 372 g/mol. The summed E-state index contributed by atoms with van der Waals surface area (Å²) in [5.41, 5.74) is 4.78. The van der Waals surface area contributed by atoms with Crippen molar-refractivity contribution >= 4 is 11.9 Å². The maximum atomic E-state index is 12.5. The third-order valence-corrected chi connectivity index (χ3v) is 5.06. The molecule has 2 aromatic carbocycles. The van der Waals surface area contributed by atoms with Crippen LogP contribution in [0.15, 0.2) is 60.9 Å². The van der Waals surface area contributed by atoms with Gasteiger partial charge in [-0.05, 0) is 43.0 Å². The number of anilines is 1. The maximum Gasteiger partial charge on any atom is 0.251 e. The van der Waals surface area contributed by atoms with Crippen LogP contribution in [-0.2, 0) is 6.54 Å². The molecule has 142 valence electrons. The number of hydrogen-bond donors (Lipinski definition) is 1. The van der Waals surface area contributed by atoms with Crippen molar-refractivity contribution in [3.05, 3.63) is 77.6 Å². The number of amides is 1. The zero-order valence-corrected chi connectivity index (χ0v) is 16.1. The van der Waals surface area contributed by atoms with Crippen molar-refractivity contribution in [3.8, 4) is 11.1 Å². The van der Waals surface area contributed by atoms with E-state index in [0.29, 0.717) is 12.1 Å². The first-order chi connectivity index (χ1) is 13.7. The van der Waals surface area contributed by atoms with Gasteiger partial charge in [-0.2, -0.15) is 0 Å². The third kappa shape index (κ3) is 4.19. The lowest BCUT2D eigenvalue weighted by Crippen LogP contribution is -2.22. The fraction of sp³-hybridized carbons (Fsp3) is 0.261. The summed E-state index contributed by atoms with van der Waals surface area (Å²) >= 11 is 0. The average Bonchev–Trinajstić information content (AvgIpc) is 3.28. The lowest BCUT2D eigenvalue weighted by Gasteiger charge is -2.14. The molecule has 1 aliphatic heterocycles. The van der Waals surface area contributed by atoms with Crippen LogP contribution in [0.1, 0.15) is 34.3 Å². The van der Waals surface area contributed by atoms with Crippen molar-refractivity contribution < 1.29 is 4.79 Å². The highest BCUT2D eigenvalue weighted by Gasteiger charge is 2.15. The molecule has 5 heteroatoms. The number of aromatic nitrogens is 2. The highest BCUT2D eigenvalue weighted by Crippen LogP contribution is 2.22. The Morgan fingerprint density at radius 3 is 2.43 bits per heavy atom. The van der Waals surface area contributed by atoms with E-state index in [9.17, 15) is 4.79 Å². The molecule has 3 aromatic rings. The number of nitrogens with one attached hydrogen (secondary N) is 1. The van der Waals surface area contributed by atoms with E-state index >= 15 is 0 Å². The average molecular weight is 372 g/mol. The minimum Gasteiger partial charge on any atom is -0.348 e. The smallest absolute Gasteiger partial charge is 0.251 e. The van der Waals surface area contributed by atoms with E-state index in [-0.39, 0.29) is 5.91 Å². The third-order valence-electron chi connectivity index (χ3n) is 5.06. The predicted octanol–water partition coefficient (Wildman–Crippen LogP) is 3.98. The van der Waals surface area contributed by atoms with Crippen molar-refractivity contribution in [2.24, 2.45) is 0 Å². The number of rotatable bonds is 5. The molecule has 0 aliphatic carbocycles. The molecule has 1 fully saturated rings. The van der Waals surface area contributed by atoms with Gasteiger partial charge in [-0.1, -0.05) is 42.0 Å². The van der Waals surface area contributed by atoms with Crippen LogP contribution >= 0.6 is 0 Å². The molecule has 4 rings (SSSR count). The summed E-state index contributed by atoms with van der Waals surface area (Å²) in [6.45, 7) is 4.61. The van der Waals surface area contributed by atoms with E-state index in [0.717, 1.165) is 35.7 Å². The number of benzene rings is 2. The quantitative estimate of drug-likeness (QED) is 0.736. The molecule has 1 aliphatic rings. The number of carbonyl (C=O) groups excluding carboxylic acids is 1. The largest absolute Gasteiger partial charge is 0.348 e. The normalized spacial score (nSPS) is 13.5. The SMILES string of the molecule is Cc1ccc(CNC(=O)c2cccc(-c3cnc(N4CCCC4)nc3)c2)cc1. The second-order valence-electron chi connectivity index (χ2n) is 7.21. The molecule has 0 atom stereocenters. The van der Waals surface area contributed by atoms with Crippen LogP contribution in [0.25, 0.3) is 11.1 Å². The first-order valence-corrected chi connectivity index (χ1v) is 9.70. The Kier molecular flexibility index (Phi) is 5.33. The number of hydrogen-bond acceptors (Lipinski definition) is 4. The number of nitrogens with zero attached hydrogens (tertiary/aromatic N) is 3. The van der Waals surface area contributed by atoms with E-state index in [1.54, 1.807) is 0 Å². The summed E-state index contributed by atoms with van der Waals surface area (Å²) in [6, 6.07) is 15.8. The van der Waals surface area contributed by atoms with Gasteiger partial charge in [0.25, 0.3) is 5.91 Å². The molecular formula is C23H24N4O. The van der Waals surface area contributed by atoms with Gasteiger partial charge < -0.3 is 10.2 Å². The molecule has 1 amide bonds. The molecule has 0 bridgehead atoms. The summed E-state index contributed by atoms with van der Waals surface area (Å²) in [5.74, 6) is 0.699. The van der Waals surface area contributed by atoms with Crippen molar-refractivity contribution in [2.75, 3.05) is 18.0 Å². The van der Waals surface area contributed by atoms with Gasteiger partial charge in [-0.15, -0.1) is 0 Å². The van der Waals surface area contributed by atoms with Crippen LogP contribution in [0.5, 0.6) is 0 Å². The topological polar surface area (TPSA) is 58.1 Å². The van der Waals surface area contributed by atoms with Gasteiger partial charge in [-0.25, -0.2) is 9.97 Å². The minimum absolute atomic E-state index is 0.0861. The van der Waals surface area contributed by atoms with E-state index < -0.39 is 0 Å². The first kappa shape index (κ1) is 18.2. The zero-order valence-electron chi connectivity index (χ0n) is 16.1. The summed E-state index contributed by atoms with van der Waals surface area (Å²) in [5, 5.41) is 2.98. The summed E-state index contributed by atoms with van der Waals surface area (Å²) < 4.78 is 0. The summed E-state index contributed by atoms with van der Waals surface area (Å²) in [6.07, 6.45) is 6.07. The van der Waals surface area contributed by atoms with Gasteiger partial charge >= 0.3 is 0 Å². The molecule has 0 saturated carbocycles. The molecule has 1 aromatic heterocycles. The van der Waals surface area contributed by atoms with Gasteiger partial charge in [0, 0.05) is 43.2 Å². The highest BCUT2D eigenvalue weighted by atomic mass is 16.1. The minimum atomic E-state index is -0.0861. The van der Waals surface area contributed by atoms with Crippen LogP contribution in [-0.4, -0.2) is 29.0 Å². The Morgan fingerprint density at radius 1 is 1.00 bits per heavy atom. The van der Waals surface area contributed by atoms with Crippen molar-refractivity contribution in [2.45, 2.75) is 26.3 Å². The fourth-order valence-corrected chi connectivity index (χ4v) is 3.38. The van der Waals surface area contributed by atoms with Crippen molar-refractivity contribution in [3.63, 3.8) is 0 Å². The van der Waals surface area contributed by atoms with Crippen LogP contribution in [0, 0.1) is 6.92 Å². The van der Waals surface area contributed by atoms with E-state index in [1.807, 2.05) is 60.9 Å². The molecule has 1 N–H and O–H groups in total. The molecular weight excluding hydrogens is 348 g/mol. The van der Waals surface area contributed by atoms with Crippen LogP contribution in [0.3, 0.4) is 0 Å². The van der Waals surface area contributed by atoms with Gasteiger partial charge in [0.1, 0.15) is 0 Å². The van der Waals surface area contributed by atoms with Gasteiger partial charge in [-0.3, -0.25) is 4.79 Å². The van der Waals surface area contributed by atoms with Gasteiger partial charge in [0.15, 0.2) is 0 Å².